The zero-order valence-corrected chi connectivity index (χ0v) is 15.6. The number of para-hydroxylation sites is 1. The van der Waals surface area contributed by atoms with Crippen LogP contribution in [0.4, 0.5) is 0 Å². The molecule has 2 aromatic rings. The summed E-state index contributed by atoms with van der Waals surface area (Å²) in [5.74, 6) is 0.677. The maximum Gasteiger partial charge on any atom is 0.240 e. The lowest BCUT2D eigenvalue weighted by molar-refractivity contribution is 0.358. The lowest BCUT2D eigenvalue weighted by atomic mass is 10.0. The Labute approximate surface area is 153 Å². The molecule has 2 aliphatic heterocycles. The summed E-state index contributed by atoms with van der Waals surface area (Å²) in [4.78, 5) is 0.120. The van der Waals surface area contributed by atoms with Crippen molar-refractivity contribution in [2.24, 2.45) is 0 Å². The quantitative estimate of drug-likeness (QED) is 0.855. The van der Waals surface area contributed by atoms with E-state index in [1.54, 1.807) is 12.1 Å². The Morgan fingerprint density at radius 2 is 1.92 bits per heavy atom. The zero-order chi connectivity index (χ0) is 18.4. The molecule has 1 N–H and O–H groups in total. The van der Waals surface area contributed by atoms with Crippen LogP contribution < -0.4 is 9.46 Å². The molecule has 0 bridgehead atoms. The molecule has 0 aliphatic carbocycles. The van der Waals surface area contributed by atoms with Crippen molar-refractivity contribution in [1.29, 1.82) is 0 Å². The summed E-state index contributed by atoms with van der Waals surface area (Å²) in [6.45, 7) is 0.627. The molecule has 4 rings (SSSR count). The van der Waals surface area contributed by atoms with Crippen LogP contribution in [0.15, 0.2) is 47.4 Å². The highest BCUT2D eigenvalue weighted by atomic mass is 32.2. The number of benzene rings is 2. The second-order valence-corrected chi connectivity index (χ2v) is 10.6. The van der Waals surface area contributed by atoms with E-state index >= 15 is 0 Å². The van der Waals surface area contributed by atoms with Gasteiger partial charge in [0.1, 0.15) is 5.75 Å². The van der Waals surface area contributed by atoms with Gasteiger partial charge in [-0.05, 0) is 29.7 Å². The van der Waals surface area contributed by atoms with Crippen molar-refractivity contribution in [3.63, 3.8) is 0 Å². The van der Waals surface area contributed by atoms with Gasteiger partial charge in [-0.2, -0.15) is 0 Å². The van der Waals surface area contributed by atoms with Gasteiger partial charge >= 0.3 is 0 Å². The molecule has 2 aliphatic rings. The second-order valence-electron chi connectivity index (χ2n) is 6.64. The summed E-state index contributed by atoms with van der Waals surface area (Å²) in [7, 11) is -6.95. The van der Waals surface area contributed by atoms with Gasteiger partial charge in [-0.1, -0.05) is 30.3 Å². The monoisotopic (exact) mass is 393 g/mol. The molecule has 2 heterocycles. The first-order valence-electron chi connectivity index (χ1n) is 8.42. The van der Waals surface area contributed by atoms with E-state index in [9.17, 15) is 16.8 Å². The SMILES string of the molecule is O=S1(=O)CCC(NS(=O)(=O)c2cccc(-c3cccc4c3OCC4)c2)C1. The minimum Gasteiger partial charge on any atom is -0.492 e. The van der Waals surface area contributed by atoms with Crippen LogP contribution in [-0.4, -0.2) is 41.0 Å². The molecule has 0 amide bonds. The summed E-state index contributed by atoms with van der Waals surface area (Å²) in [5.41, 5.74) is 2.73. The van der Waals surface area contributed by atoms with Crippen molar-refractivity contribution < 1.29 is 21.6 Å². The fourth-order valence-electron chi connectivity index (χ4n) is 3.45. The van der Waals surface area contributed by atoms with Crippen LogP contribution in [0, 0.1) is 0 Å². The number of fused-ring (bicyclic) bond motifs is 1. The Morgan fingerprint density at radius 1 is 1.12 bits per heavy atom. The lowest BCUT2D eigenvalue weighted by Gasteiger charge is -2.13. The molecule has 0 saturated carbocycles. The standard InChI is InChI=1S/C18H19NO5S2/c20-25(21)10-8-15(12-25)19-26(22,23)16-5-1-4-14(11-16)17-6-2-3-13-7-9-24-18(13)17/h1-6,11,15,19H,7-10,12H2. The highest BCUT2D eigenvalue weighted by Crippen LogP contribution is 2.37. The maximum absolute atomic E-state index is 12.7. The Hall–Kier alpha value is -1.90. The maximum atomic E-state index is 12.7. The summed E-state index contributed by atoms with van der Waals surface area (Å²) < 4.78 is 56.7. The molecule has 0 aromatic heterocycles. The van der Waals surface area contributed by atoms with Gasteiger partial charge in [-0.25, -0.2) is 21.6 Å². The molecular weight excluding hydrogens is 374 g/mol. The van der Waals surface area contributed by atoms with Crippen LogP contribution in [0.2, 0.25) is 0 Å². The molecule has 0 radical (unpaired) electrons. The Morgan fingerprint density at radius 3 is 2.69 bits per heavy atom. The molecule has 6 nitrogen and oxygen atoms in total. The van der Waals surface area contributed by atoms with E-state index in [0.29, 0.717) is 13.0 Å². The van der Waals surface area contributed by atoms with E-state index in [1.165, 1.54) is 6.07 Å². The van der Waals surface area contributed by atoms with E-state index in [4.69, 9.17) is 4.74 Å². The van der Waals surface area contributed by atoms with Crippen LogP contribution >= 0.6 is 0 Å². The van der Waals surface area contributed by atoms with Gasteiger partial charge in [0.2, 0.25) is 10.0 Å². The topological polar surface area (TPSA) is 89.5 Å². The number of hydrogen-bond donors (Lipinski definition) is 1. The van der Waals surface area contributed by atoms with Crippen LogP contribution in [0.5, 0.6) is 5.75 Å². The zero-order valence-electron chi connectivity index (χ0n) is 14.0. The van der Waals surface area contributed by atoms with Crippen LogP contribution in [0.3, 0.4) is 0 Å². The smallest absolute Gasteiger partial charge is 0.240 e. The number of sulfonamides is 1. The van der Waals surface area contributed by atoms with E-state index in [-0.39, 0.29) is 16.4 Å². The third-order valence-electron chi connectivity index (χ3n) is 4.72. The fourth-order valence-corrected chi connectivity index (χ4v) is 6.54. The number of nitrogens with one attached hydrogen (secondary N) is 1. The van der Waals surface area contributed by atoms with Crippen molar-refractivity contribution >= 4 is 19.9 Å². The summed E-state index contributed by atoms with van der Waals surface area (Å²) in [5, 5.41) is 0. The van der Waals surface area contributed by atoms with Crippen molar-refractivity contribution in [2.45, 2.75) is 23.8 Å². The number of sulfone groups is 1. The molecule has 1 saturated heterocycles. The largest absolute Gasteiger partial charge is 0.492 e. The third-order valence-corrected chi connectivity index (χ3v) is 8.01. The molecule has 1 fully saturated rings. The first kappa shape index (κ1) is 17.5. The normalized spacial score (nSPS) is 21.3. The van der Waals surface area contributed by atoms with E-state index in [2.05, 4.69) is 4.72 Å². The molecule has 26 heavy (non-hydrogen) atoms. The van der Waals surface area contributed by atoms with Crippen LogP contribution in [0.1, 0.15) is 12.0 Å². The van der Waals surface area contributed by atoms with Gasteiger partial charge in [-0.3, -0.25) is 0 Å². The average Bonchev–Trinajstić information content (AvgIpc) is 3.20. The fraction of sp³-hybridized carbons (Fsp3) is 0.333. The molecule has 1 atom stereocenters. The summed E-state index contributed by atoms with van der Waals surface area (Å²) in [6, 6.07) is 11.9. The number of ether oxygens (including phenoxy) is 1. The van der Waals surface area contributed by atoms with E-state index < -0.39 is 25.9 Å². The minimum absolute atomic E-state index is 0.0215. The van der Waals surface area contributed by atoms with Gasteiger partial charge in [-0.15, -0.1) is 0 Å². The molecule has 2 aromatic carbocycles. The molecular formula is C18H19NO5S2. The van der Waals surface area contributed by atoms with E-state index in [1.807, 2.05) is 24.3 Å². The third kappa shape index (κ3) is 3.36. The first-order chi connectivity index (χ1) is 12.3. The predicted molar refractivity (Wildman–Crippen MR) is 98.5 cm³/mol. The molecule has 8 heteroatoms. The average molecular weight is 393 g/mol. The molecule has 1 unspecified atom stereocenters. The molecule has 0 spiro atoms. The van der Waals surface area contributed by atoms with Gasteiger partial charge < -0.3 is 4.74 Å². The Kier molecular flexibility index (Phi) is 4.29. The summed E-state index contributed by atoms with van der Waals surface area (Å²) in [6.07, 6.45) is 1.15. The van der Waals surface area contributed by atoms with Gasteiger partial charge in [0.15, 0.2) is 9.84 Å². The van der Waals surface area contributed by atoms with Gasteiger partial charge in [0, 0.05) is 18.0 Å². The van der Waals surface area contributed by atoms with Gasteiger partial charge in [0.25, 0.3) is 0 Å². The van der Waals surface area contributed by atoms with Crippen molar-refractivity contribution in [2.75, 3.05) is 18.1 Å². The van der Waals surface area contributed by atoms with Crippen molar-refractivity contribution in [3.05, 3.63) is 48.0 Å². The van der Waals surface area contributed by atoms with Crippen molar-refractivity contribution in [1.82, 2.24) is 4.72 Å². The Balaban J connectivity index is 1.65. The Bertz CT molecular complexity index is 1060. The predicted octanol–water partition coefficient (Wildman–Crippen LogP) is 1.75. The minimum atomic E-state index is -3.79. The summed E-state index contributed by atoms with van der Waals surface area (Å²) >= 11 is 0. The van der Waals surface area contributed by atoms with E-state index in [0.717, 1.165) is 28.9 Å². The first-order valence-corrected chi connectivity index (χ1v) is 11.7. The highest BCUT2D eigenvalue weighted by molar-refractivity contribution is 7.92. The lowest BCUT2D eigenvalue weighted by Crippen LogP contribution is -2.35. The van der Waals surface area contributed by atoms with Crippen LogP contribution in [-0.2, 0) is 26.3 Å². The van der Waals surface area contributed by atoms with Crippen molar-refractivity contribution in [3.8, 4) is 16.9 Å². The number of hydrogen-bond acceptors (Lipinski definition) is 5. The van der Waals surface area contributed by atoms with Crippen LogP contribution in [0.25, 0.3) is 11.1 Å². The highest BCUT2D eigenvalue weighted by Gasteiger charge is 2.31. The number of rotatable bonds is 4. The molecule has 138 valence electrons. The second kappa shape index (κ2) is 6.37. The van der Waals surface area contributed by atoms with Gasteiger partial charge in [0.05, 0.1) is 23.0 Å².